The maximum atomic E-state index is 5.77. The molecule has 0 unspecified atom stereocenters. The molecule has 94 valence electrons. The van der Waals surface area contributed by atoms with E-state index < -0.39 is 0 Å². The number of aryl methyl sites for hydroxylation is 1. The maximum absolute atomic E-state index is 5.77. The molecule has 0 bridgehead atoms. The van der Waals surface area contributed by atoms with Crippen molar-refractivity contribution >= 4 is 11.6 Å². The zero-order valence-electron chi connectivity index (χ0n) is 11.0. The van der Waals surface area contributed by atoms with Crippen LogP contribution in [0.25, 0.3) is 0 Å². The molecule has 0 saturated carbocycles. The molecule has 2 heterocycles. The number of rotatable bonds is 2. The van der Waals surface area contributed by atoms with E-state index >= 15 is 0 Å². The monoisotopic (exact) mass is 234 g/mol. The van der Waals surface area contributed by atoms with Gasteiger partial charge in [0.2, 0.25) is 0 Å². The Bertz CT molecular complexity index is 374. The zero-order valence-corrected chi connectivity index (χ0v) is 11.0. The van der Waals surface area contributed by atoms with Gasteiger partial charge in [-0.05, 0) is 25.2 Å². The fraction of sp³-hybridized carbons (Fsp3) is 0.692. The standard InChI is InChI=1S/C13H22N4/c1-4-13(3)5-7-17(8-6-13)12-9-11(14)15-10(2)16-12/h9H,4-8H2,1-3H3,(H2,14,15,16). The topological polar surface area (TPSA) is 55.0 Å². The largest absolute Gasteiger partial charge is 0.384 e. The Morgan fingerprint density at radius 1 is 1.35 bits per heavy atom. The zero-order chi connectivity index (χ0) is 12.5. The number of anilines is 2. The lowest BCUT2D eigenvalue weighted by molar-refractivity contribution is 0.238. The van der Waals surface area contributed by atoms with Gasteiger partial charge in [-0.15, -0.1) is 0 Å². The van der Waals surface area contributed by atoms with Crippen molar-refractivity contribution < 1.29 is 0 Å². The maximum Gasteiger partial charge on any atom is 0.134 e. The molecule has 1 aromatic heterocycles. The summed E-state index contributed by atoms with van der Waals surface area (Å²) >= 11 is 0. The van der Waals surface area contributed by atoms with Crippen molar-refractivity contribution in [1.82, 2.24) is 9.97 Å². The highest BCUT2D eigenvalue weighted by molar-refractivity contribution is 5.47. The van der Waals surface area contributed by atoms with E-state index in [2.05, 4.69) is 28.7 Å². The van der Waals surface area contributed by atoms with Gasteiger partial charge in [-0.25, -0.2) is 9.97 Å². The van der Waals surface area contributed by atoms with Crippen LogP contribution in [0.1, 0.15) is 38.9 Å². The summed E-state index contributed by atoms with van der Waals surface area (Å²) in [5.41, 5.74) is 6.27. The van der Waals surface area contributed by atoms with Crippen LogP contribution in [0.3, 0.4) is 0 Å². The van der Waals surface area contributed by atoms with Gasteiger partial charge in [-0.1, -0.05) is 20.3 Å². The van der Waals surface area contributed by atoms with Crippen molar-refractivity contribution in [2.75, 3.05) is 23.7 Å². The number of piperidine rings is 1. The van der Waals surface area contributed by atoms with Crippen molar-refractivity contribution in [3.8, 4) is 0 Å². The second-order valence-electron chi connectivity index (χ2n) is 5.35. The van der Waals surface area contributed by atoms with E-state index in [1.54, 1.807) is 0 Å². The summed E-state index contributed by atoms with van der Waals surface area (Å²) in [6, 6.07) is 1.88. The molecule has 2 N–H and O–H groups in total. The van der Waals surface area contributed by atoms with E-state index in [4.69, 9.17) is 5.73 Å². The van der Waals surface area contributed by atoms with Crippen LogP contribution in [0.2, 0.25) is 0 Å². The van der Waals surface area contributed by atoms with Gasteiger partial charge in [0.05, 0.1) is 0 Å². The van der Waals surface area contributed by atoms with Gasteiger partial charge in [0.25, 0.3) is 0 Å². The Labute approximate surface area is 103 Å². The molecule has 0 aliphatic carbocycles. The van der Waals surface area contributed by atoms with Crippen LogP contribution in [-0.4, -0.2) is 23.1 Å². The van der Waals surface area contributed by atoms with E-state index in [1.807, 2.05) is 13.0 Å². The van der Waals surface area contributed by atoms with Crippen LogP contribution < -0.4 is 10.6 Å². The smallest absolute Gasteiger partial charge is 0.134 e. The van der Waals surface area contributed by atoms with Crippen molar-refractivity contribution in [3.05, 3.63) is 11.9 Å². The minimum absolute atomic E-state index is 0.504. The van der Waals surface area contributed by atoms with Crippen LogP contribution in [-0.2, 0) is 0 Å². The molecule has 4 nitrogen and oxygen atoms in total. The number of nitrogen functional groups attached to an aromatic ring is 1. The number of hydrogen-bond acceptors (Lipinski definition) is 4. The highest BCUT2D eigenvalue weighted by Gasteiger charge is 2.28. The van der Waals surface area contributed by atoms with Gasteiger partial charge in [0.15, 0.2) is 0 Å². The lowest BCUT2D eigenvalue weighted by atomic mass is 9.78. The molecule has 17 heavy (non-hydrogen) atoms. The van der Waals surface area contributed by atoms with Gasteiger partial charge in [0.1, 0.15) is 17.5 Å². The first-order valence-corrected chi connectivity index (χ1v) is 6.38. The molecule has 1 saturated heterocycles. The van der Waals surface area contributed by atoms with Gasteiger partial charge >= 0.3 is 0 Å². The molecule has 1 fully saturated rings. The molecule has 1 aliphatic rings. The third-order valence-electron chi connectivity index (χ3n) is 3.99. The third kappa shape index (κ3) is 2.68. The molecule has 0 aromatic carbocycles. The van der Waals surface area contributed by atoms with Crippen molar-refractivity contribution in [2.45, 2.75) is 40.0 Å². The summed E-state index contributed by atoms with van der Waals surface area (Å²) in [6.07, 6.45) is 3.71. The molecular weight excluding hydrogens is 212 g/mol. The number of nitrogens with two attached hydrogens (primary N) is 1. The quantitative estimate of drug-likeness (QED) is 0.853. The van der Waals surface area contributed by atoms with Crippen LogP contribution in [0.4, 0.5) is 11.6 Å². The molecule has 0 amide bonds. The second kappa shape index (κ2) is 4.51. The summed E-state index contributed by atoms with van der Waals surface area (Å²) < 4.78 is 0. The van der Waals surface area contributed by atoms with E-state index in [0.717, 1.165) is 24.7 Å². The van der Waals surface area contributed by atoms with E-state index in [9.17, 15) is 0 Å². The lowest BCUT2D eigenvalue weighted by Crippen LogP contribution is -2.39. The number of nitrogens with zero attached hydrogens (tertiary/aromatic N) is 3. The van der Waals surface area contributed by atoms with Gasteiger partial charge in [-0.3, -0.25) is 0 Å². The molecule has 1 aliphatic heterocycles. The lowest BCUT2D eigenvalue weighted by Gasteiger charge is -2.39. The predicted octanol–water partition coefficient (Wildman–Crippen LogP) is 2.38. The fourth-order valence-electron chi connectivity index (χ4n) is 2.37. The average Bonchev–Trinajstić information content (AvgIpc) is 2.29. The normalized spacial score (nSPS) is 19.4. The molecule has 0 atom stereocenters. The SMILES string of the molecule is CCC1(C)CCN(c2cc(N)nc(C)n2)CC1. The van der Waals surface area contributed by atoms with Gasteiger partial charge in [-0.2, -0.15) is 0 Å². The Kier molecular flexibility index (Phi) is 3.22. The first-order chi connectivity index (χ1) is 8.02. The summed E-state index contributed by atoms with van der Waals surface area (Å²) in [4.78, 5) is 10.9. The summed E-state index contributed by atoms with van der Waals surface area (Å²) in [5, 5.41) is 0. The average molecular weight is 234 g/mol. The predicted molar refractivity (Wildman–Crippen MR) is 71.0 cm³/mol. The Hall–Kier alpha value is -1.32. The third-order valence-corrected chi connectivity index (χ3v) is 3.99. The number of aromatic nitrogens is 2. The van der Waals surface area contributed by atoms with Crippen molar-refractivity contribution in [1.29, 1.82) is 0 Å². The van der Waals surface area contributed by atoms with Crippen molar-refractivity contribution in [3.63, 3.8) is 0 Å². The molecule has 0 radical (unpaired) electrons. The van der Waals surface area contributed by atoms with Crippen LogP contribution in [0.15, 0.2) is 6.07 Å². The van der Waals surface area contributed by atoms with Crippen LogP contribution >= 0.6 is 0 Å². The van der Waals surface area contributed by atoms with Crippen molar-refractivity contribution in [2.24, 2.45) is 5.41 Å². The first-order valence-electron chi connectivity index (χ1n) is 6.38. The summed E-state index contributed by atoms with van der Waals surface area (Å²) in [7, 11) is 0. The second-order valence-corrected chi connectivity index (χ2v) is 5.35. The molecular formula is C13H22N4. The van der Waals surface area contributed by atoms with Crippen LogP contribution in [0.5, 0.6) is 0 Å². The number of hydrogen-bond donors (Lipinski definition) is 1. The molecule has 0 spiro atoms. The Balaban J connectivity index is 2.10. The van der Waals surface area contributed by atoms with E-state index in [1.165, 1.54) is 19.3 Å². The van der Waals surface area contributed by atoms with Gasteiger partial charge < -0.3 is 10.6 Å². The minimum Gasteiger partial charge on any atom is -0.384 e. The Morgan fingerprint density at radius 3 is 2.53 bits per heavy atom. The highest BCUT2D eigenvalue weighted by atomic mass is 15.2. The summed E-state index contributed by atoms with van der Waals surface area (Å²) in [6.45, 7) is 8.69. The molecule has 4 heteroatoms. The molecule has 1 aromatic rings. The van der Waals surface area contributed by atoms with E-state index in [0.29, 0.717) is 11.2 Å². The minimum atomic E-state index is 0.504. The van der Waals surface area contributed by atoms with Crippen LogP contribution in [0, 0.1) is 12.3 Å². The first kappa shape index (κ1) is 12.1. The Morgan fingerprint density at radius 2 is 2.00 bits per heavy atom. The fourth-order valence-corrected chi connectivity index (χ4v) is 2.37. The van der Waals surface area contributed by atoms with Gasteiger partial charge in [0, 0.05) is 19.2 Å². The molecule has 2 rings (SSSR count). The highest BCUT2D eigenvalue weighted by Crippen LogP contribution is 2.35. The van der Waals surface area contributed by atoms with E-state index in [-0.39, 0.29) is 0 Å². The summed E-state index contributed by atoms with van der Waals surface area (Å²) in [5.74, 6) is 2.30.